The second kappa shape index (κ2) is 5.94. The van der Waals surface area contributed by atoms with Crippen molar-refractivity contribution in [3.8, 4) is 0 Å². The molecular formula is C17H32N2O. The Hall–Kier alpha value is -0.120. The number of hydrogen-bond acceptors (Lipinski definition) is 3. The Morgan fingerprint density at radius 2 is 2.00 bits per heavy atom. The summed E-state index contributed by atoms with van der Waals surface area (Å²) < 4.78 is 5.54. The largest absolute Gasteiger partial charge is 0.382 e. The van der Waals surface area contributed by atoms with E-state index in [-0.39, 0.29) is 0 Å². The Balaban J connectivity index is 1.62. The summed E-state index contributed by atoms with van der Waals surface area (Å²) in [4.78, 5) is 2.82. The minimum atomic E-state index is 0.403. The van der Waals surface area contributed by atoms with Crippen molar-refractivity contribution < 1.29 is 4.74 Å². The van der Waals surface area contributed by atoms with E-state index in [0.29, 0.717) is 11.1 Å². The first-order chi connectivity index (χ1) is 9.69. The lowest BCUT2D eigenvalue weighted by molar-refractivity contribution is -0.00353. The van der Waals surface area contributed by atoms with Gasteiger partial charge in [-0.1, -0.05) is 12.8 Å². The first kappa shape index (κ1) is 14.8. The smallest absolute Gasteiger partial charge is 0.0478 e. The molecule has 1 atom stereocenters. The number of rotatable bonds is 6. The van der Waals surface area contributed by atoms with Gasteiger partial charge in [0.05, 0.1) is 0 Å². The van der Waals surface area contributed by atoms with Gasteiger partial charge in [-0.25, -0.2) is 0 Å². The second-order valence-electron chi connectivity index (χ2n) is 7.44. The average Bonchev–Trinajstić information content (AvgIpc) is 3.22. The van der Waals surface area contributed by atoms with Gasteiger partial charge in [-0.2, -0.15) is 0 Å². The zero-order valence-corrected chi connectivity index (χ0v) is 13.4. The van der Waals surface area contributed by atoms with Crippen molar-refractivity contribution in [2.24, 2.45) is 5.92 Å². The summed E-state index contributed by atoms with van der Waals surface area (Å²) in [6.45, 7) is 10.1. The molecule has 0 radical (unpaired) electrons. The van der Waals surface area contributed by atoms with Crippen LogP contribution in [-0.4, -0.2) is 48.8 Å². The Labute approximate surface area is 124 Å². The molecule has 0 amide bonds. The molecule has 3 nitrogen and oxygen atoms in total. The van der Waals surface area contributed by atoms with Gasteiger partial charge >= 0.3 is 0 Å². The van der Waals surface area contributed by atoms with Crippen LogP contribution in [0.2, 0.25) is 0 Å². The fourth-order valence-electron chi connectivity index (χ4n) is 4.41. The third kappa shape index (κ3) is 2.90. The van der Waals surface area contributed by atoms with Crippen molar-refractivity contribution in [3.63, 3.8) is 0 Å². The van der Waals surface area contributed by atoms with Crippen LogP contribution in [0.15, 0.2) is 0 Å². The van der Waals surface area contributed by atoms with Gasteiger partial charge in [0.15, 0.2) is 0 Å². The van der Waals surface area contributed by atoms with Crippen molar-refractivity contribution in [2.75, 3.05) is 32.8 Å². The lowest BCUT2D eigenvalue weighted by Gasteiger charge is -2.53. The molecule has 1 spiro atoms. The molecule has 1 unspecified atom stereocenters. The quantitative estimate of drug-likeness (QED) is 0.757. The summed E-state index contributed by atoms with van der Waals surface area (Å²) in [6.07, 6.45) is 9.66. The highest BCUT2D eigenvalue weighted by molar-refractivity contribution is 5.10. The third-order valence-electron chi connectivity index (χ3n) is 5.98. The minimum absolute atomic E-state index is 0.403. The Bertz CT molecular complexity index is 323. The van der Waals surface area contributed by atoms with Gasteiger partial charge in [0, 0.05) is 43.9 Å². The topological polar surface area (TPSA) is 24.5 Å². The average molecular weight is 280 g/mol. The number of nitrogens with zero attached hydrogens (tertiary/aromatic N) is 1. The summed E-state index contributed by atoms with van der Waals surface area (Å²) in [5.74, 6) is 0.931. The first-order valence-corrected chi connectivity index (χ1v) is 8.76. The standard InChI is InChI=1S/C17H32N2O/c1-3-20-12-6-11-19-14-17(9-4-5-10-17)18-13-16(19,2)15-7-8-15/h15,18H,3-14H2,1-2H3. The van der Waals surface area contributed by atoms with Crippen LogP contribution >= 0.6 is 0 Å². The fraction of sp³-hybridized carbons (Fsp3) is 1.00. The molecule has 0 aromatic rings. The molecule has 3 heteroatoms. The Morgan fingerprint density at radius 1 is 1.25 bits per heavy atom. The van der Waals surface area contributed by atoms with Crippen LogP contribution in [0.3, 0.4) is 0 Å². The summed E-state index contributed by atoms with van der Waals surface area (Å²) in [7, 11) is 0. The second-order valence-corrected chi connectivity index (χ2v) is 7.44. The SMILES string of the molecule is CCOCCCN1CC2(CCCC2)NCC1(C)C1CC1. The summed E-state index contributed by atoms with van der Waals surface area (Å²) in [5, 5.41) is 3.97. The molecule has 1 N–H and O–H groups in total. The van der Waals surface area contributed by atoms with Crippen molar-refractivity contribution in [2.45, 2.75) is 69.9 Å². The number of piperazine rings is 1. The Morgan fingerprint density at radius 3 is 2.65 bits per heavy atom. The molecule has 3 aliphatic rings. The number of hydrogen-bond donors (Lipinski definition) is 1. The molecule has 3 fully saturated rings. The molecule has 1 saturated heterocycles. The number of ether oxygens (including phenoxy) is 1. The van der Waals surface area contributed by atoms with Gasteiger partial charge in [-0.05, 0) is 51.9 Å². The lowest BCUT2D eigenvalue weighted by Crippen LogP contribution is -2.69. The molecule has 0 aromatic carbocycles. The van der Waals surface area contributed by atoms with Gasteiger partial charge in [-0.3, -0.25) is 4.90 Å². The summed E-state index contributed by atoms with van der Waals surface area (Å²) >= 11 is 0. The van der Waals surface area contributed by atoms with E-state index >= 15 is 0 Å². The molecule has 2 saturated carbocycles. The van der Waals surface area contributed by atoms with Crippen LogP contribution in [0.25, 0.3) is 0 Å². The highest BCUT2D eigenvalue weighted by atomic mass is 16.5. The molecule has 1 heterocycles. The van der Waals surface area contributed by atoms with Crippen LogP contribution in [0.4, 0.5) is 0 Å². The molecular weight excluding hydrogens is 248 g/mol. The van der Waals surface area contributed by atoms with Gasteiger partial charge < -0.3 is 10.1 Å². The predicted molar refractivity (Wildman–Crippen MR) is 83.0 cm³/mol. The summed E-state index contributed by atoms with van der Waals surface area (Å²) in [6, 6.07) is 0. The van der Waals surface area contributed by atoms with Gasteiger partial charge in [0.2, 0.25) is 0 Å². The van der Waals surface area contributed by atoms with E-state index in [0.717, 1.165) is 19.1 Å². The molecule has 20 heavy (non-hydrogen) atoms. The zero-order chi connectivity index (χ0) is 14.1. The first-order valence-electron chi connectivity index (χ1n) is 8.76. The van der Waals surface area contributed by atoms with Gasteiger partial charge in [-0.15, -0.1) is 0 Å². The van der Waals surface area contributed by atoms with E-state index in [1.165, 1.54) is 64.6 Å². The molecule has 0 aromatic heterocycles. The van der Waals surface area contributed by atoms with E-state index < -0.39 is 0 Å². The van der Waals surface area contributed by atoms with E-state index in [4.69, 9.17) is 4.74 Å². The van der Waals surface area contributed by atoms with E-state index in [1.807, 2.05) is 0 Å². The van der Waals surface area contributed by atoms with Gasteiger partial charge in [0.25, 0.3) is 0 Å². The molecule has 3 rings (SSSR count). The van der Waals surface area contributed by atoms with Crippen LogP contribution in [-0.2, 0) is 4.74 Å². The van der Waals surface area contributed by atoms with Gasteiger partial charge in [0.1, 0.15) is 0 Å². The maximum Gasteiger partial charge on any atom is 0.0478 e. The maximum absolute atomic E-state index is 5.54. The minimum Gasteiger partial charge on any atom is -0.382 e. The third-order valence-corrected chi connectivity index (χ3v) is 5.98. The normalized spacial score (nSPS) is 33.9. The van der Waals surface area contributed by atoms with Crippen molar-refractivity contribution in [1.29, 1.82) is 0 Å². The highest BCUT2D eigenvalue weighted by Crippen LogP contribution is 2.46. The monoisotopic (exact) mass is 280 g/mol. The highest BCUT2D eigenvalue weighted by Gasteiger charge is 2.52. The molecule has 2 aliphatic carbocycles. The van der Waals surface area contributed by atoms with E-state index in [1.54, 1.807) is 0 Å². The predicted octanol–water partition coefficient (Wildman–Crippen LogP) is 2.80. The van der Waals surface area contributed by atoms with Crippen molar-refractivity contribution in [3.05, 3.63) is 0 Å². The van der Waals surface area contributed by atoms with Crippen LogP contribution in [0.5, 0.6) is 0 Å². The maximum atomic E-state index is 5.54. The van der Waals surface area contributed by atoms with Crippen molar-refractivity contribution in [1.82, 2.24) is 10.2 Å². The van der Waals surface area contributed by atoms with Crippen LogP contribution in [0, 0.1) is 5.92 Å². The van der Waals surface area contributed by atoms with Crippen LogP contribution in [0.1, 0.15) is 58.8 Å². The zero-order valence-electron chi connectivity index (χ0n) is 13.4. The molecule has 0 bridgehead atoms. The molecule has 1 aliphatic heterocycles. The van der Waals surface area contributed by atoms with E-state index in [2.05, 4.69) is 24.1 Å². The van der Waals surface area contributed by atoms with Crippen LogP contribution < -0.4 is 5.32 Å². The lowest BCUT2D eigenvalue weighted by atomic mass is 9.83. The summed E-state index contributed by atoms with van der Waals surface area (Å²) in [5.41, 5.74) is 0.847. The van der Waals surface area contributed by atoms with Crippen molar-refractivity contribution >= 4 is 0 Å². The van der Waals surface area contributed by atoms with E-state index in [9.17, 15) is 0 Å². The fourth-order valence-corrected chi connectivity index (χ4v) is 4.41. The molecule has 116 valence electrons. The Kier molecular flexibility index (Phi) is 4.40. The number of nitrogens with one attached hydrogen (secondary N) is 1.